The van der Waals surface area contributed by atoms with Gasteiger partial charge in [0.1, 0.15) is 0 Å². The molecule has 1 fully saturated rings. The summed E-state index contributed by atoms with van der Waals surface area (Å²) in [7, 11) is 0. The van der Waals surface area contributed by atoms with E-state index in [4.69, 9.17) is 4.74 Å². The number of allylic oxidation sites excluding steroid dienone is 3. The zero-order valence-corrected chi connectivity index (χ0v) is 10.2. The lowest BCUT2D eigenvalue weighted by Crippen LogP contribution is -2.39. The predicted molar refractivity (Wildman–Crippen MR) is 63.9 cm³/mol. The minimum atomic E-state index is -0.274. The molecule has 2 nitrogen and oxygen atoms in total. The van der Waals surface area contributed by atoms with Crippen molar-refractivity contribution in [2.24, 2.45) is 10.8 Å². The fraction of sp³-hybridized carbons (Fsp3) is 0.643. The number of cyclic esters (lactones) is 1. The van der Waals surface area contributed by atoms with E-state index in [1.54, 1.807) is 0 Å². The van der Waals surface area contributed by atoms with Crippen molar-refractivity contribution >= 4 is 5.97 Å². The third kappa shape index (κ3) is 1.35. The van der Waals surface area contributed by atoms with Crippen molar-refractivity contribution in [2.45, 2.75) is 39.5 Å². The van der Waals surface area contributed by atoms with Crippen molar-refractivity contribution < 1.29 is 9.53 Å². The van der Waals surface area contributed by atoms with Crippen LogP contribution in [0, 0.1) is 10.8 Å². The Labute approximate surface area is 97.4 Å². The molecule has 2 heteroatoms. The van der Waals surface area contributed by atoms with Crippen molar-refractivity contribution in [3.8, 4) is 0 Å². The lowest BCUT2D eigenvalue weighted by atomic mass is 9.63. The van der Waals surface area contributed by atoms with Gasteiger partial charge in [0.25, 0.3) is 0 Å². The molecule has 1 heterocycles. The third-order valence-corrected chi connectivity index (χ3v) is 4.47. The molecular weight excluding hydrogens is 200 g/mol. The average molecular weight is 220 g/mol. The van der Waals surface area contributed by atoms with E-state index < -0.39 is 0 Å². The average Bonchev–Trinajstić information content (AvgIpc) is 2.71. The predicted octanol–water partition coefficient (Wildman–Crippen LogP) is 3.24. The standard InChI is InChI=1S/C14H20O2/c1-4-5-6-11-7-8-14(13(11,2)3)9-10-16-12(14)15/h4,7H,1,5-6,8-10H2,2-3H3. The van der Waals surface area contributed by atoms with Gasteiger partial charge in [-0.15, -0.1) is 6.58 Å². The summed E-state index contributed by atoms with van der Waals surface area (Å²) in [6.45, 7) is 8.71. The molecule has 0 amide bonds. The summed E-state index contributed by atoms with van der Waals surface area (Å²) in [5.41, 5.74) is 1.07. The van der Waals surface area contributed by atoms with Crippen LogP contribution in [0.3, 0.4) is 0 Å². The monoisotopic (exact) mass is 220 g/mol. The number of carbonyl (C=O) groups excluding carboxylic acids is 1. The van der Waals surface area contributed by atoms with E-state index in [-0.39, 0.29) is 16.8 Å². The first-order valence-electron chi connectivity index (χ1n) is 6.02. The van der Waals surface area contributed by atoms with Gasteiger partial charge in [-0.25, -0.2) is 0 Å². The van der Waals surface area contributed by atoms with Crippen LogP contribution in [0.2, 0.25) is 0 Å². The molecule has 0 aromatic carbocycles. The Balaban J connectivity index is 2.23. The maximum atomic E-state index is 12.0. The van der Waals surface area contributed by atoms with Gasteiger partial charge in [0.2, 0.25) is 0 Å². The van der Waals surface area contributed by atoms with Crippen LogP contribution in [-0.4, -0.2) is 12.6 Å². The molecule has 2 rings (SSSR count). The van der Waals surface area contributed by atoms with E-state index in [1.807, 2.05) is 6.08 Å². The quantitative estimate of drug-likeness (QED) is 0.539. The normalized spacial score (nSPS) is 31.6. The van der Waals surface area contributed by atoms with Crippen LogP contribution >= 0.6 is 0 Å². The highest BCUT2D eigenvalue weighted by atomic mass is 16.5. The summed E-state index contributed by atoms with van der Waals surface area (Å²) < 4.78 is 5.19. The lowest BCUT2D eigenvalue weighted by Gasteiger charge is -2.37. The van der Waals surface area contributed by atoms with Crippen molar-refractivity contribution in [3.63, 3.8) is 0 Å². The number of hydrogen-bond donors (Lipinski definition) is 0. The largest absolute Gasteiger partial charge is 0.465 e. The Bertz CT molecular complexity index is 352. The lowest BCUT2D eigenvalue weighted by molar-refractivity contribution is -0.149. The van der Waals surface area contributed by atoms with Gasteiger partial charge in [0.15, 0.2) is 0 Å². The smallest absolute Gasteiger partial charge is 0.313 e. The van der Waals surface area contributed by atoms with Crippen LogP contribution in [0.1, 0.15) is 39.5 Å². The second-order valence-electron chi connectivity index (χ2n) is 5.35. The Hall–Kier alpha value is -1.05. The van der Waals surface area contributed by atoms with Gasteiger partial charge in [-0.1, -0.05) is 31.6 Å². The molecule has 16 heavy (non-hydrogen) atoms. The first-order chi connectivity index (χ1) is 7.54. The summed E-state index contributed by atoms with van der Waals surface area (Å²) in [5.74, 6) is 0.00218. The van der Waals surface area contributed by atoms with E-state index in [0.29, 0.717) is 6.61 Å². The van der Waals surface area contributed by atoms with Gasteiger partial charge in [0.05, 0.1) is 12.0 Å². The van der Waals surface area contributed by atoms with Crippen LogP contribution in [-0.2, 0) is 9.53 Å². The molecule has 0 N–H and O–H groups in total. The van der Waals surface area contributed by atoms with Gasteiger partial charge in [-0.2, -0.15) is 0 Å². The SMILES string of the molecule is C=CCCC1=CCC2(CCOC2=O)C1(C)C. The summed E-state index contributed by atoms with van der Waals surface area (Å²) in [4.78, 5) is 12.0. The molecule has 0 aromatic rings. The molecule has 1 aliphatic heterocycles. The molecule has 2 aliphatic rings. The highest BCUT2D eigenvalue weighted by Gasteiger charge is 2.58. The summed E-state index contributed by atoms with van der Waals surface area (Å²) in [6, 6.07) is 0. The zero-order chi connectivity index (χ0) is 11.8. The first-order valence-corrected chi connectivity index (χ1v) is 6.02. The van der Waals surface area contributed by atoms with E-state index in [1.165, 1.54) is 5.57 Å². The second kappa shape index (κ2) is 3.76. The van der Waals surface area contributed by atoms with Crippen LogP contribution in [0.5, 0.6) is 0 Å². The van der Waals surface area contributed by atoms with Crippen LogP contribution in [0.15, 0.2) is 24.3 Å². The molecule has 1 atom stereocenters. The molecule has 1 aliphatic carbocycles. The molecule has 1 unspecified atom stereocenters. The summed E-state index contributed by atoms with van der Waals surface area (Å²) >= 11 is 0. The molecule has 1 spiro atoms. The zero-order valence-electron chi connectivity index (χ0n) is 10.2. The Kier molecular flexibility index (Phi) is 2.69. The fourth-order valence-electron chi connectivity index (χ4n) is 3.10. The van der Waals surface area contributed by atoms with Gasteiger partial charge in [-0.05, 0) is 25.7 Å². The number of hydrogen-bond acceptors (Lipinski definition) is 2. The topological polar surface area (TPSA) is 26.3 Å². The van der Waals surface area contributed by atoms with Gasteiger partial charge in [0, 0.05) is 5.41 Å². The van der Waals surface area contributed by atoms with Crippen molar-refractivity contribution in [1.82, 2.24) is 0 Å². The maximum absolute atomic E-state index is 12.0. The van der Waals surface area contributed by atoms with E-state index in [0.717, 1.165) is 25.7 Å². The molecule has 0 saturated carbocycles. The summed E-state index contributed by atoms with van der Waals surface area (Å²) in [6.07, 6.45) is 7.91. The molecule has 1 saturated heterocycles. The van der Waals surface area contributed by atoms with Crippen molar-refractivity contribution in [3.05, 3.63) is 24.3 Å². The van der Waals surface area contributed by atoms with E-state index >= 15 is 0 Å². The summed E-state index contributed by atoms with van der Waals surface area (Å²) in [5, 5.41) is 0. The van der Waals surface area contributed by atoms with Crippen LogP contribution in [0.4, 0.5) is 0 Å². The number of rotatable bonds is 3. The molecule has 0 radical (unpaired) electrons. The molecule has 0 aromatic heterocycles. The number of esters is 1. The second-order valence-corrected chi connectivity index (χ2v) is 5.35. The Morgan fingerprint density at radius 1 is 1.56 bits per heavy atom. The highest BCUT2D eigenvalue weighted by Crippen LogP contribution is 2.58. The minimum absolute atomic E-state index is 0.00218. The van der Waals surface area contributed by atoms with E-state index in [9.17, 15) is 4.79 Å². The third-order valence-electron chi connectivity index (χ3n) is 4.47. The fourth-order valence-corrected chi connectivity index (χ4v) is 3.10. The highest BCUT2D eigenvalue weighted by molar-refractivity contribution is 5.81. The van der Waals surface area contributed by atoms with Crippen LogP contribution in [0.25, 0.3) is 0 Å². The Morgan fingerprint density at radius 2 is 2.31 bits per heavy atom. The van der Waals surface area contributed by atoms with Gasteiger partial charge >= 0.3 is 5.97 Å². The van der Waals surface area contributed by atoms with Gasteiger partial charge < -0.3 is 4.74 Å². The number of carbonyl (C=O) groups is 1. The van der Waals surface area contributed by atoms with Crippen molar-refractivity contribution in [1.29, 1.82) is 0 Å². The maximum Gasteiger partial charge on any atom is 0.313 e. The van der Waals surface area contributed by atoms with Gasteiger partial charge in [-0.3, -0.25) is 4.79 Å². The first kappa shape index (κ1) is 11.4. The van der Waals surface area contributed by atoms with Crippen LogP contribution < -0.4 is 0 Å². The molecule has 88 valence electrons. The van der Waals surface area contributed by atoms with E-state index in [2.05, 4.69) is 26.5 Å². The number of ether oxygens (including phenoxy) is 1. The molecular formula is C14H20O2. The molecule has 0 bridgehead atoms. The minimum Gasteiger partial charge on any atom is -0.465 e. The van der Waals surface area contributed by atoms with Crippen molar-refractivity contribution in [2.75, 3.05) is 6.61 Å². The Morgan fingerprint density at radius 3 is 2.88 bits per heavy atom.